The van der Waals surface area contributed by atoms with Gasteiger partial charge in [-0.2, -0.15) is 0 Å². The van der Waals surface area contributed by atoms with E-state index in [4.69, 9.17) is 0 Å². The van der Waals surface area contributed by atoms with E-state index in [2.05, 4.69) is 16.2 Å². The fourth-order valence-electron chi connectivity index (χ4n) is 3.24. The molecule has 0 aliphatic carbocycles. The van der Waals surface area contributed by atoms with Crippen LogP contribution in [0, 0.1) is 12.8 Å². The molecule has 8 heteroatoms. The fraction of sp³-hybridized carbons (Fsp3) is 0.316. The van der Waals surface area contributed by atoms with E-state index in [0.717, 1.165) is 16.1 Å². The highest BCUT2D eigenvalue weighted by molar-refractivity contribution is 7.10. The van der Waals surface area contributed by atoms with Gasteiger partial charge in [0, 0.05) is 24.0 Å². The maximum atomic E-state index is 12.8. The maximum Gasteiger partial charge on any atom is 0.333 e. The number of carbonyl (C=O) groups excluding carboxylic acids is 3. The molecule has 1 aliphatic heterocycles. The minimum atomic E-state index is -0.502. The smallest absolute Gasteiger partial charge is 0.333 e. The van der Waals surface area contributed by atoms with Crippen LogP contribution >= 0.6 is 11.3 Å². The van der Waals surface area contributed by atoms with E-state index < -0.39 is 18.0 Å². The van der Waals surface area contributed by atoms with Crippen LogP contribution in [0.1, 0.15) is 29.3 Å². The van der Waals surface area contributed by atoms with Crippen molar-refractivity contribution in [2.45, 2.75) is 25.8 Å². The van der Waals surface area contributed by atoms with E-state index in [1.807, 2.05) is 48.7 Å². The molecule has 2 atom stereocenters. The second kappa shape index (κ2) is 8.22. The van der Waals surface area contributed by atoms with Crippen LogP contribution in [-0.4, -0.2) is 24.9 Å². The molecular formula is C19H22N4O3S. The van der Waals surface area contributed by atoms with Gasteiger partial charge in [0.05, 0.1) is 12.0 Å². The van der Waals surface area contributed by atoms with Gasteiger partial charge in [0.2, 0.25) is 11.8 Å². The SMILES string of the molecule is CNC(=O)NNC(=O)C1CCC(=O)N(c2ccc(C)cc2)C1c1cccs1. The number of benzene rings is 1. The van der Waals surface area contributed by atoms with Gasteiger partial charge in [0.15, 0.2) is 0 Å². The van der Waals surface area contributed by atoms with E-state index >= 15 is 0 Å². The zero-order valence-electron chi connectivity index (χ0n) is 15.2. The van der Waals surface area contributed by atoms with Crippen molar-refractivity contribution in [2.24, 2.45) is 5.92 Å². The highest BCUT2D eigenvalue weighted by Gasteiger charge is 2.42. The minimum Gasteiger partial charge on any atom is -0.340 e. The summed E-state index contributed by atoms with van der Waals surface area (Å²) in [6, 6.07) is 10.6. The number of thiophene rings is 1. The number of anilines is 1. The number of nitrogens with one attached hydrogen (secondary N) is 3. The largest absolute Gasteiger partial charge is 0.340 e. The lowest BCUT2D eigenvalue weighted by molar-refractivity contribution is -0.129. The van der Waals surface area contributed by atoms with E-state index in [0.29, 0.717) is 6.42 Å². The summed E-state index contributed by atoms with van der Waals surface area (Å²) in [5.41, 5.74) is 6.64. The van der Waals surface area contributed by atoms with Crippen molar-refractivity contribution in [3.8, 4) is 0 Å². The zero-order chi connectivity index (χ0) is 19.4. The molecule has 3 rings (SSSR count). The number of amides is 4. The maximum absolute atomic E-state index is 12.8. The zero-order valence-corrected chi connectivity index (χ0v) is 16.0. The van der Waals surface area contributed by atoms with E-state index in [1.165, 1.54) is 18.4 Å². The molecular weight excluding hydrogens is 364 g/mol. The van der Waals surface area contributed by atoms with Gasteiger partial charge in [0.1, 0.15) is 0 Å². The van der Waals surface area contributed by atoms with Crippen LogP contribution in [-0.2, 0) is 9.59 Å². The summed E-state index contributed by atoms with van der Waals surface area (Å²) in [6.07, 6.45) is 0.693. The normalized spacial score (nSPS) is 19.5. The van der Waals surface area contributed by atoms with E-state index in [9.17, 15) is 14.4 Å². The highest BCUT2D eigenvalue weighted by Crippen LogP contribution is 2.41. The summed E-state index contributed by atoms with van der Waals surface area (Å²) in [4.78, 5) is 39.6. The van der Waals surface area contributed by atoms with Crippen LogP contribution in [0.5, 0.6) is 0 Å². The number of rotatable bonds is 3. The lowest BCUT2D eigenvalue weighted by atomic mass is 9.86. The third kappa shape index (κ3) is 4.11. The van der Waals surface area contributed by atoms with Crippen molar-refractivity contribution < 1.29 is 14.4 Å². The first-order valence-corrected chi connectivity index (χ1v) is 9.59. The van der Waals surface area contributed by atoms with Gasteiger partial charge in [-0.15, -0.1) is 11.3 Å². The number of carbonyl (C=O) groups is 3. The van der Waals surface area contributed by atoms with Crippen LogP contribution in [0.4, 0.5) is 10.5 Å². The van der Waals surface area contributed by atoms with Gasteiger partial charge in [-0.3, -0.25) is 15.0 Å². The molecule has 1 aliphatic rings. The molecule has 2 heterocycles. The standard InChI is InChI=1S/C19H22N4O3S/c1-12-5-7-13(8-6-12)23-16(24)10-9-14(17(23)15-4-3-11-27-15)18(25)21-22-19(26)20-2/h3-8,11,14,17H,9-10H2,1-2H3,(H,21,25)(H2,20,22,26). The molecule has 1 saturated heterocycles. The number of nitrogens with zero attached hydrogens (tertiary/aromatic N) is 1. The van der Waals surface area contributed by atoms with E-state index in [1.54, 1.807) is 4.90 Å². The Hall–Kier alpha value is -2.87. The van der Waals surface area contributed by atoms with Gasteiger partial charge in [-0.1, -0.05) is 23.8 Å². The fourth-order valence-corrected chi connectivity index (χ4v) is 4.12. The Morgan fingerprint density at radius 2 is 1.89 bits per heavy atom. The first kappa shape index (κ1) is 18.9. The van der Waals surface area contributed by atoms with Crippen molar-refractivity contribution in [2.75, 3.05) is 11.9 Å². The molecule has 142 valence electrons. The monoisotopic (exact) mass is 386 g/mol. The first-order valence-electron chi connectivity index (χ1n) is 8.71. The number of hydrazine groups is 1. The summed E-state index contributed by atoms with van der Waals surface area (Å²) >= 11 is 1.51. The van der Waals surface area contributed by atoms with Crippen molar-refractivity contribution in [1.29, 1.82) is 0 Å². The Kier molecular flexibility index (Phi) is 5.75. The van der Waals surface area contributed by atoms with Gasteiger partial charge in [0.25, 0.3) is 0 Å². The number of aryl methyl sites for hydroxylation is 1. The summed E-state index contributed by atoms with van der Waals surface area (Å²) < 4.78 is 0. The lowest BCUT2D eigenvalue weighted by Gasteiger charge is -2.40. The van der Waals surface area contributed by atoms with Gasteiger partial charge in [-0.05, 0) is 36.9 Å². The molecule has 1 aromatic carbocycles. The molecule has 3 N–H and O–H groups in total. The molecule has 1 fully saturated rings. The van der Waals surface area contributed by atoms with E-state index in [-0.39, 0.29) is 18.2 Å². The predicted molar refractivity (Wildman–Crippen MR) is 104 cm³/mol. The molecule has 7 nitrogen and oxygen atoms in total. The van der Waals surface area contributed by atoms with Crippen LogP contribution < -0.4 is 21.1 Å². The van der Waals surface area contributed by atoms with Gasteiger partial charge in [-0.25, -0.2) is 10.2 Å². The van der Waals surface area contributed by atoms with Crippen LogP contribution in [0.25, 0.3) is 0 Å². The van der Waals surface area contributed by atoms with Crippen molar-refractivity contribution in [3.63, 3.8) is 0 Å². The highest BCUT2D eigenvalue weighted by atomic mass is 32.1. The van der Waals surface area contributed by atoms with Crippen LogP contribution in [0.2, 0.25) is 0 Å². The topological polar surface area (TPSA) is 90.5 Å². The van der Waals surface area contributed by atoms with Crippen molar-refractivity contribution >= 4 is 34.9 Å². The number of hydrogen-bond acceptors (Lipinski definition) is 4. The summed E-state index contributed by atoms with van der Waals surface area (Å²) in [6.45, 7) is 1.99. The molecule has 27 heavy (non-hydrogen) atoms. The summed E-state index contributed by atoms with van der Waals surface area (Å²) in [5, 5.41) is 4.31. The molecule has 0 spiro atoms. The molecule has 0 saturated carbocycles. The molecule has 0 bridgehead atoms. The van der Waals surface area contributed by atoms with Crippen LogP contribution in [0.3, 0.4) is 0 Å². The third-order valence-electron chi connectivity index (χ3n) is 4.61. The number of piperidine rings is 1. The molecule has 2 unspecified atom stereocenters. The Balaban J connectivity index is 1.93. The average molecular weight is 386 g/mol. The summed E-state index contributed by atoms with van der Waals surface area (Å²) in [5.74, 6) is -0.804. The average Bonchev–Trinajstić information content (AvgIpc) is 3.20. The second-order valence-corrected chi connectivity index (χ2v) is 7.38. The Labute approximate surface area is 161 Å². The number of hydrogen-bond donors (Lipinski definition) is 3. The Morgan fingerprint density at radius 3 is 2.52 bits per heavy atom. The quantitative estimate of drug-likeness (QED) is 0.708. The molecule has 0 radical (unpaired) electrons. The minimum absolute atomic E-state index is 0.0134. The molecule has 1 aromatic heterocycles. The Morgan fingerprint density at radius 1 is 1.15 bits per heavy atom. The second-order valence-electron chi connectivity index (χ2n) is 6.40. The predicted octanol–water partition coefficient (Wildman–Crippen LogP) is 2.50. The number of urea groups is 1. The third-order valence-corrected chi connectivity index (χ3v) is 5.55. The Bertz CT molecular complexity index is 820. The lowest BCUT2D eigenvalue weighted by Crippen LogP contribution is -2.53. The van der Waals surface area contributed by atoms with Crippen molar-refractivity contribution in [1.82, 2.24) is 16.2 Å². The molecule has 2 aromatic rings. The van der Waals surface area contributed by atoms with Crippen LogP contribution in [0.15, 0.2) is 41.8 Å². The first-order chi connectivity index (χ1) is 13.0. The van der Waals surface area contributed by atoms with Gasteiger partial charge >= 0.3 is 6.03 Å². The molecule has 4 amide bonds. The van der Waals surface area contributed by atoms with Gasteiger partial charge < -0.3 is 10.2 Å². The summed E-state index contributed by atoms with van der Waals surface area (Å²) in [7, 11) is 1.47. The van der Waals surface area contributed by atoms with Crippen molar-refractivity contribution in [3.05, 3.63) is 52.2 Å².